The van der Waals surface area contributed by atoms with Crippen LogP contribution in [-0.2, 0) is 11.2 Å². The minimum Gasteiger partial charge on any atom is -0.383 e. The zero-order chi connectivity index (χ0) is 11.9. The number of hydrogen-bond acceptors (Lipinski definition) is 2. The normalized spacial score (nSPS) is 20.3. The number of methoxy groups -OCH3 is 1. The summed E-state index contributed by atoms with van der Waals surface area (Å²) in [5, 5.41) is 0. The highest BCUT2D eigenvalue weighted by Crippen LogP contribution is 2.17. The number of nitrogens with zero attached hydrogens (tertiary/aromatic N) is 1. The molecule has 17 heavy (non-hydrogen) atoms. The fourth-order valence-corrected chi connectivity index (χ4v) is 2.36. The monoisotopic (exact) mass is 231 g/mol. The van der Waals surface area contributed by atoms with Crippen LogP contribution < -0.4 is 0 Å². The van der Waals surface area contributed by atoms with Crippen LogP contribution in [-0.4, -0.2) is 31.2 Å². The lowest BCUT2D eigenvalue weighted by atomic mass is 10.1. The zero-order valence-electron chi connectivity index (χ0n) is 10.5. The quantitative estimate of drug-likeness (QED) is 0.772. The second-order valence-electron chi connectivity index (χ2n) is 4.56. The molecule has 2 rings (SSSR count). The van der Waals surface area contributed by atoms with E-state index in [1.165, 1.54) is 24.9 Å². The van der Waals surface area contributed by atoms with E-state index in [2.05, 4.69) is 47.5 Å². The van der Waals surface area contributed by atoms with E-state index in [1.807, 2.05) is 0 Å². The summed E-state index contributed by atoms with van der Waals surface area (Å²) in [4.78, 5) is 2.41. The lowest BCUT2D eigenvalue weighted by molar-refractivity contribution is 0.138. The third kappa shape index (κ3) is 3.60. The van der Waals surface area contributed by atoms with Crippen molar-refractivity contribution in [2.24, 2.45) is 0 Å². The fourth-order valence-electron chi connectivity index (χ4n) is 2.36. The van der Waals surface area contributed by atoms with Crippen LogP contribution >= 0.6 is 0 Å². The van der Waals surface area contributed by atoms with E-state index in [-0.39, 0.29) is 0 Å². The average Bonchev–Trinajstić information content (AvgIpc) is 2.79. The van der Waals surface area contributed by atoms with Crippen molar-refractivity contribution in [1.82, 2.24) is 4.90 Å². The minimum absolute atomic E-state index is 0.576. The van der Waals surface area contributed by atoms with Crippen molar-refractivity contribution in [3.05, 3.63) is 48.2 Å². The molecule has 1 fully saturated rings. The average molecular weight is 231 g/mol. The second-order valence-corrected chi connectivity index (χ2v) is 4.56. The maximum absolute atomic E-state index is 5.25. The van der Waals surface area contributed by atoms with Gasteiger partial charge in [0.1, 0.15) is 0 Å². The Labute approximate surface area is 104 Å². The molecule has 1 aliphatic heterocycles. The predicted molar refractivity (Wildman–Crippen MR) is 70.9 cm³/mol. The molecule has 0 unspecified atom stereocenters. The van der Waals surface area contributed by atoms with Gasteiger partial charge in [0, 0.05) is 13.7 Å². The number of likely N-dealkylation sites (tertiary alicyclic amines) is 1. The molecule has 1 atom stereocenters. The Morgan fingerprint density at radius 2 is 2.18 bits per heavy atom. The van der Waals surface area contributed by atoms with Crippen molar-refractivity contribution in [1.29, 1.82) is 0 Å². The highest BCUT2D eigenvalue weighted by molar-refractivity contribution is 5.17. The molecule has 0 amide bonds. The largest absolute Gasteiger partial charge is 0.383 e. The summed E-state index contributed by atoms with van der Waals surface area (Å²) in [7, 11) is 1.78. The van der Waals surface area contributed by atoms with E-state index in [0.29, 0.717) is 6.04 Å². The van der Waals surface area contributed by atoms with Gasteiger partial charge in [0.2, 0.25) is 0 Å². The van der Waals surface area contributed by atoms with Gasteiger partial charge in [0.05, 0.1) is 12.6 Å². The highest BCUT2D eigenvalue weighted by Gasteiger charge is 2.20. The molecule has 1 saturated heterocycles. The minimum atomic E-state index is 0.576. The van der Waals surface area contributed by atoms with Crippen LogP contribution in [0.3, 0.4) is 0 Å². The molecule has 0 aliphatic carbocycles. The molecule has 0 aromatic heterocycles. The predicted octanol–water partition coefficient (Wildman–Crippen LogP) is 2.85. The van der Waals surface area contributed by atoms with Crippen molar-refractivity contribution in [2.75, 3.05) is 20.3 Å². The topological polar surface area (TPSA) is 12.5 Å². The number of rotatable bonds is 5. The Bertz CT molecular complexity index is 347. The van der Waals surface area contributed by atoms with Gasteiger partial charge in [-0.05, 0) is 31.0 Å². The number of benzene rings is 1. The van der Waals surface area contributed by atoms with Gasteiger partial charge in [-0.25, -0.2) is 0 Å². The van der Waals surface area contributed by atoms with Gasteiger partial charge in [-0.15, -0.1) is 0 Å². The molecular formula is C15H21NO. The Morgan fingerprint density at radius 3 is 2.94 bits per heavy atom. The van der Waals surface area contributed by atoms with E-state index >= 15 is 0 Å². The summed E-state index contributed by atoms with van der Waals surface area (Å²) < 4.78 is 5.25. The Hall–Kier alpha value is -1.28. The van der Waals surface area contributed by atoms with Crippen LogP contribution in [0.1, 0.15) is 18.4 Å². The van der Waals surface area contributed by atoms with Crippen molar-refractivity contribution >= 4 is 0 Å². The van der Waals surface area contributed by atoms with E-state index in [1.54, 1.807) is 7.11 Å². The Morgan fingerprint density at radius 1 is 1.35 bits per heavy atom. The van der Waals surface area contributed by atoms with Crippen molar-refractivity contribution in [2.45, 2.75) is 25.3 Å². The summed E-state index contributed by atoms with van der Waals surface area (Å²) in [5.41, 5.74) is 1.37. The van der Waals surface area contributed by atoms with E-state index in [0.717, 1.165) is 13.0 Å². The Balaban J connectivity index is 1.84. The van der Waals surface area contributed by atoms with Gasteiger partial charge in [-0.1, -0.05) is 36.4 Å². The number of hydrogen-bond donors (Lipinski definition) is 0. The lowest BCUT2D eigenvalue weighted by Crippen LogP contribution is -2.28. The molecular weight excluding hydrogens is 210 g/mol. The first-order valence-electron chi connectivity index (χ1n) is 6.35. The van der Waals surface area contributed by atoms with E-state index < -0.39 is 0 Å². The molecule has 1 aliphatic rings. The number of ether oxygens (including phenoxy) is 1. The molecule has 0 spiro atoms. The van der Waals surface area contributed by atoms with Gasteiger partial charge in [-0.3, -0.25) is 0 Å². The first-order chi connectivity index (χ1) is 8.40. The zero-order valence-corrected chi connectivity index (χ0v) is 10.5. The van der Waals surface area contributed by atoms with Crippen LogP contribution in [0.25, 0.3) is 0 Å². The Kier molecular flexibility index (Phi) is 4.63. The van der Waals surface area contributed by atoms with Crippen molar-refractivity contribution in [3.8, 4) is 0 Å². The summed E-state index contributed by atoms with van der Waals surface area (Å²) >= 11 is 0. The van der Waals surface area contributed by atoms with Crippen LogP contribution in [0.4, 0.5) is 0 Å². The summed E-state index contributed by atoms with van der Waals surface area (Å²) in [5.74, 6) is 0. The highest BCUT2D eigenvalue weighted by atomic mass is 16.5. The smallest absolute Gasteiger partial charge is 0.0666 e. The molecule has 0 N–H and O–H groups in total. The molecule has 0 radical (unpaired) electrons. The molecule has 92 valence electrons. The summed E-state index contributed by atoms with van der Waals surface area (Å²) in [6.45, 7) is 2.01. The third-order valence-corrected chi connectivity index (χ3v) is 3.27. The third-order valence-electron chi connectivity index (χ3n) is 3.27. The van der Waals surface area contributed by atoms with Crippen LogP contribution in [0.2, 0.25) is 0 Å². The second kappa shape index (κ2) is 6.45. The molecule has 1 aromatic rings. The van der Waals surface area contributed by atoms with E-state index in [4.69, 9.17) is 4.74 Å². The molecule has 2 nitrogen and oxygen atoms in total. The van der Waals surface area contributed by atoms with E-state index in [9.17, 15) is 0 Å². The molecule has 1 heterocycles. The molecule has 2 heteroatoms. The van der Waals surface area contributed by atoms with Crippen molar-refractivity contribution in [3.63, 3.8) is 0 Å². The molecule has 0 saturated carbocycles. The summed E-state index contributed by atoms with van der Waals surface area (Å²) in [6.07, 6.45) is 8.04. The lowest BCUT2D eigenvalue weighted by Gasteiger charge is -2.21. The first-order valence-corrected chi connectivity index (χ1v) is 6.35. The first kappa shape index (κ1) is 12.2. The van der Waals surface area contributed by atoms with Crippen LogP contribution in [0, 0.1) is 0 Å². The van der Waals surface area contributed by atoms with Gasteiger partial charge in [0.15, 0.2) is 0 Å². The van der Waals surface area contributed by atoms with Crippen LogP contribution in [0.15, 0.2) is 42.6 Å². The van der Waals surface area contributed by atoms with Gasteiger partial charge in [0.25, 0.3) is 0 Å². The standard InChI is InChI=1S/C15H21NO/c1-17-13-15-10-6-12-16(15)11-5-9-14-7-3-2-4-8-14/h2-5,7-8,11,15H,6,9-10,12-13H2,1H3/t15-/m1/s1. The van der Waals surface area contributed by atoms with Crippen molar-refractivity contribution < 1.29 is 4.74 Å². The maximum Gasteiger partial charge on any atom is 0.0666 e. The number of allylic oxidation sites excluding steroid dienone is 1. The fraction of sp³-hybridized carbons (Fsp3) is 0.467. The van der Waals surface area contributed by atoms with Gasteiger partial charge < -0.3 is 9.64 Å². The molecule has 1 aromatic carbocycles. The summed E-state index contributed by atoms with van der Waals surface area (Å²) in [6, 6.07) is 11.1. The SMILES string of the molecule is COC[C@H]1CCCN1C=CCc1ccccc1. The van der Waals surface area contributed by atoms with Gasteiger partial charge >= 0.3 is 0 Å². The van der Waals surface area contributed by atoms with Crippen LogP contribution in [0.5, 0.6) is 0 Å². The maximum atomic E-state index is 5.25. The molecule has 0 bridgehead atoms. The van der Waals surface area contributed by atoms with Gasteiger partial charge in [-0.2, -0.15) is 0 Å².